The molecule has 0 bridgehead atoms. The van der Waals surface area contributed by atoms with Crippen LogP contribution in [-0.2, 0) is 4.79 Å². The van der Waals surface area contributed by atoms with Gasteiger partial charge in [-0.3, -0.25) is 10.1 Å². The van der Waals surface area contributed by atoms with Gasteiger partial charge in [-0.15, -0.1) is 6.58 Å². The van der Waals surface area contributed by atoms with Gasteiger partial charge >= 0.3 is 23.9 Å². The third-order valence-electron chi connectivity index (χ3n) is 7.13. The summed E-state index contributed by atoms with van der Waals surface area (Å²) >= 11 is 0. The summed E-state index contributed by atoms with van der Waals surface area (Å²) in [7, 11) is 0. The zero-order valence-electron chi connectivity index (χ0n) is 21.9. The molecule has 1 aromatic carbocycles. The van der Waals surface area contributed by atoms with Crippen molar-refractivity contribution in [1.82, 2.24) is 10.2 Å². The van der Waals surface area contributed by atoms with Gasteiger partial charge < -0.3 is 4.90 Å². The highest BCUT2D eigenvalue weighted by molar-refractivity contribution is 5.80. The molecular formula is C27H35F9N2O. The number of hydrogen-bond acceptors (Lipinski definition) is 2. The highest BCUT2D eigenvalue weighted by atomic mass is 19.4. The van der Waals surface area contributed by atoms with Crippen molar-refractivity contribution in [1.29, 1.82) is 0 Å². The largest absolute Gasteiger partial charge is 0.460 e. The fraction of sp³-hybridized carbons (Fsp3) is 0.667. The van der Waals surface area contributed by atoms with Gasteiger partial charge in [-0.1, -0.05) is 49.2 Å². The molecule has 1 heterocycles. The average molecular weight is 575 g/mol. The number of amides is 1. The molecule has 0 aliphatic carbocycles. The van der Waals surface area contributed by atoms with Crippen molar-refractivity contribution in [3.63, 3.8) is 0 Å². The Kier molecular flexibility index (Phi) is 10.6. The van der Waals surface area contributed by atoms with Crippen molar-refractivity contribution < 1.29 is 44.3 Å². The number of allylic oxidation sites excluding steroid dienone is 1. The van der Waals surface area contributed by atoms with E-state index in [1.807, 2.05) is 12.1 Å². The van der Waals surface area contributed by atoms with Crippen molar-refractivity contribution in [2.75, 3.05) is 6.54 Å². The first-order chi connectivity index (χ1) is 17.9. The molecule has 1 amide bonds. The number of hydrogen-bond donors (Lipinski definition) is 1. The molecule has 1 unspecified atom stereocenters. The number of carbonyl (C=O) groups excluding carboxylic acids is 1. The maximum atomic E-state index is 14.1. The van der Waals surface area contributed by atoms with Crippen LogP contribution in [0.1, 0.15) is 76.8 Å². The standard InChI is InChI=1S/C27H35F9N2O/c1-4-5-6-7-9-15-20(16-12-17-24(28,29)25(30,31)26(32,33)27(34,35)36)22(39)38-21(18-37-23(38,2)3)19-13-10-8-11-14-19/h4,8,10-11,13-14,20-21,37H,1,5-7,9,12,15-18H2,2-3H3/t20-,21?/m1/s1. The molecule has 1 aliphatic rings. The molecule has 1 fully saturated rings. The Hall–Kier alpha value is -2.24. The van der Waals surface area contributed by atoms with Crippen LogP contribution in [0.15, 0.2) is 43.0 Å². The van der Waals surface area contributed by atoms with Crippen molar-refractivity contribution in [2.45, 2.75) is 101 Å². The summed E-state index contributed by atoms with van der Waals surface area (Å²) < 4.78 is 120. The van der Waals surface area contributed by atoms with Gasteiger partial charge in [0.2, 0.25) is 5.91 Å². The molecule has 2 rings (SSSR count). The van der Waals surface area contributed by atoms with Crippen LogP contribution in [0.2, 0.25) is 0 Å². The molecule has 1 N–H and O–H groups in total. The second-order valence-electron chi connectivity index (χ2n) is 10.4. The summed E-state index contributed by atoms with van der Waals surface area (Å²) in [6.07, 6.45) is -5.45. The predicted molar refractivity (Wildman–Crippen MR) is 130 cm³/mol. The van der Waals surface area contributed by atoms with Gasteiger partial charge in [-0.05, 0) is 51.5 Å². The van der Waals surface area contributed by atoms with E-state index in [1.165, 1.54) is 0 Å². The third-order valence-corrected chi connectivity index (χ3v) is 7.13. The highest BCUT2D eigenvalue weighted by Gasteiger charge is 2.81. The van der Waals surface area contributed by atoms with Crippen LogP contribution in [0.4, 0.5) is 39.5 Å². The predicted octanol–water partition coefficient (Wildman–Crippen LogP) is 8.29. The minimum atomic E-state index is -6.92. The van der Waals surface area contributed by atoms with Crippen molar-refractivity contribution in [3.8, 4) is 0 Å². The fourth-order valence-corrected chi connectivity index (χ4v) is 4.86. The number of benzene rings is 1. The maximum Gasteiger partial charge on any atom is 0.460 e. The van der Waals surface area contributed by atoms with E-state index in [2.05, 4.69) is 11.9 Å². The van der Waals surface area contributed by atoms with E-state index in [1.54, 1.807) is 43.0 Å². The third kappa shape index (κ3) is 7.29. The molecule has 1 aromatic rings. The molecule has 0 saturated carbocycles. The molecule has 3 nitrogen and oxygen atoms in total. The second kappa shape index (κ2) is 12.5. The van der Waals surface area contributed by atoms with Crippen LogP contribution in [0.25, 0.3) is 0 Å². The minimum Gasteiger partial charge on any atom is -0.316 e. The molecule has 1 aliphatic heterocycles. The number of alkyl halides is 9. The number of halogens is 9. The Bertz CT molecular complexity index is 948. The number of rotatable bonds is 14. The number of carbonyl (C=O) groups is 1. The van der Waals surface area contributed by atoms with E-state index in [0.717, 1.165) is 12.0 Å². The molecular weight excluding hydrogens is 539 g/mol. The van der Waals surface area contributed by atoms with Gasteiger partial charge in [-0.25, -0.2) is 0 Å². The molecule has 12 heteroatoms. The zero-order valence-corrected chi connectivity index (χ0v) is 21.9. The maximum absolute atomic E-state index is 14.1. The molecule has 2 atom stereocenters. The van der Waals surface area contributed by atoms with Gasteiger partial charge in [0.15, 0.2) is 0 Å². The van der Waals surface area contributed by atoms with Crippen molar-refractivity contribution >= 4 is 5.91 Å². The quantitative estimate of drug-likeness (QED) is 0.138. The zero-order chi connectivity index (χ0) is 29.7. The van der Waals surface area contributed by atoms with Crippen molar-refractivity contribution in [2.24, 2.45) is 5.92 Å². The first-order valence-corrected chi connectivity index (χ1v) is 12.8. The monoisotopic (exact) mass is 574 g/mol. The van der Waals surface area contributed by atoms with E-state index in [4.69, 9.17) is 0 Å². The summed E-state index contributed by atoms with van der Waals surface area (Å²) in [5.41, 5.74) is -0.0288. The lowest BCUT2D eigenvalue weighted by atomic mass is 9.90. The first kappa shape index (κ1) is 33.0. The van der Waals surface area contributed by atoms with Crippen LogP contribution in [0, 0.1) is 5.92 Å². The smallest absolute Gasteiger partial charge is 0.316 e. The summed E-state index contributed by atoms with van der Waals surface area (Å²) in [6, 6.07) is 8.61. The average Bonchev–Trinajstić information content (AvgIpc) is 3.16. The SMILES string of the molecule is C=CCCCCC[C@H](CCCC(F)(F)C(F)(F)C(F)(F)C(F)(F)F)C(=O)N1C(c2ccccc2)CNC1(C)C. The van der Waals surface area contributed by atoms with Crippen LogP contribution < -0.4 is 5.32 Å². The van der Waals surface area contributed by atoms with Crippen LogP contribution in [-0.4, -0.2) is 47.0 Å². The Morgan fingerprint density at radius 2 is 1.56 bits per heavy atom. The van der Waals surface area contributed by atoms with Gasteiger partial charge in [0.05, 0.1) is 11.7 Å². The lowest BCUT2D eigenvalue weighted by molar-refractivity contribution is -0.396. The highest BCUT2D eigenvalue weighted by Crippen LogP contribution is 2.54. The van der Waals surface area contributed by atoms with Gasteiger partial charge in [-0.2, -0.15) is 39.5 Å². The molecule has 0 spiro atoms. The van der Waals surface area contributed by atoms with Crippen LogP contribution >= 0.6 is 0 Å². The molecule has 222 valence electrons. The topological polar surface area (TPSA) is 32.3 Å². The Labute approximate surface area is 222 Å². The van der Waals surface area contributed by atoms with Crippen molar-refractivity contribution in [3.05, 3.63) is 48.6 Å². The first-order valence-electron chi connectivity index (χ1n) is 12.8. The van der Waals surface area contributed by atoms with Crippen LogP contribution in [0.3, 0.4) is 0 Å². The van der Waals surface area contributed by atoms with E-state index in [0.29, 0.717) is 25.8 Å². The minimum absolute atomic E-state index is 0.213. The Balaban J connectivity index is 2.23. The normalized spacial score (nSPS) is 19.3. The molecule has 0 radical (unpaired) electrons. The molecule has 1 saturated heterocycles. The van der Waals surface area contributed by atoms with E-state index in [-0.39, 0.29) is 12.8 Å². The number of nitrogens with one attached hydrogen (secondary N) is 1. The van der Waals surface area contributed by atoms with Gasteiger partial charge in [0.25, 0.3) is 0 Å². The van der Waals surface area contributed by atoms with E-state index >= 15 is 0 Å². The number of unbranched alkanes of at least 4 members (excludes halogenated alkanes) is 3. The molecule has 0 aromatic heterocycles. The van der Waals surface area contributed by atoms with Gasteiger partial charge in [0, 0.05) is 18.9 Å². The lowest BCUT2D eigenvalue weighted by Gasteiger charge is -2.38. The fourth-order valence-electron chi connectivity index (χ4n) is 4.86. The van der Waals surface area contributed by atoms with Gasteiger partial charge in [0.1, 0.15) is 0 Å². The summed E-state index contributed by atoms with van der Waals surface area (Å²) in [4.78, 5) is 15.3. The number of nitrogens with zero attached hydrogens (tertiary/aromatic N) is 1. The summed E-state index contributed by atoms with van der Waals surface area (Å²) in [6.45, 7) is 7.52. The molecule has 39 heavy (non-hydrogen) atoms. The lowest BCUT2D eigenvalue weighted by Crippen LogP contribution is -2.60. The second-order valence-corrected chi connectivity index (χ2v) is 10.4. The van der Waals surface area contributed by atoms with E-state index < -0.39 is 60.3 Å². The summed E-state index contributed by atoms with van der Waals surface area (Å²) in [5.74, 6) is -20.6. The summed E-state index contributed by atoms with van der Waals surface area (Å²) in [5, 5.41) is 3.23. The van der Waals surface area contributed by atoms with E-state index in [9.17, 15) is 44.3 Å². The Morgan fingerprint density at radius 1 is 0.974 bits per heavy atom. The Morgan fingerprint density at radius 3 is 2.13 bits per heavy atom. The van der Waals surface area contributed by atoms with Crippen LogP contribution in [0.5, 0.6) is 0 Å².